The first-order valence-electron chi connectivity index (χ1n) is 12.0. The summed E-state index contributed by atoms with van der Waals surface area (Å²) in [4.78, 5) is 4.71. The Morgan fingerprint density at radius 2 is 2.17 bits per heavy atom. The largest absolute Gasteiger partial charge is 0.397 e. The van der Waals surface area contributed by atoms with Gasteiger partial charge >= 0.3 is 0 Å². The van der Waals surface area contributed by atoms with E-state index in [2.05, 4.69) is 37.5 Å². The number of pyridine rings is 1. The van der Waals surface area contributed by atoms with Crippen molar-refractivity contribution in [1.82, 2.24) is 29.9 Å². The van der Waals surface area contributed by atoms with Crippen LogP contribution in [0.1, 0.15) is 36.1 Å². The lowest BCUT2D eigenvalue weighted by Crippen LogP contribution is -2.26. The van der Waals surface area contributed by atoms with Crippen LogP contribution in [0.5, 0.6) is 0 Å². The van der Waals surface area contributed by atoms with E-state index in [4.69, 9.17) is 28.2 Å². The molecule has 35 heavy (non-hydrogen) atoms. The average Bonchev–Trinajstić information content (AvgIpc) is 3.44. The number of aromatic amines is 1. The highest BCUT2D eigenvalue weighted by atomic mass is 35.5. The molecule has 3 heterocycles. The van der Waals surface area contributed by atoms with Crippen molar-refractivity contribution in [2.75, 3.05) is 24.3 Å². The highest BCUT2D eigenvalue weighted by Crippen LogP contribution is 2.27. The fraction of sp³-hybridized carbons (Fsp3) is 0.360. The van der Waals surface area contributed by atoms with Crippen molar-refractivity contribution >= 4 is 39.5 Å². The highest BCUT2D eigenvalue weighted by molar-refractivity contribution is 6.18. The summed E-state index contributed by atoms with van der Waals surface area (Å²) in [5.74, 6) is 7.67. The van der Waals surface area contributed by atoms with E-state index >= 15 is 0 Å². The molecule has 0 aliphatic heterocycles. The fourth-order valence-corrected chi connectivity index (χ4v) is 4.55. The van der Waals surface area contributed by atoms with Crippen LogP contribution in [0, 0.1) is 5.92 Å². The van der Waals surface area contributed by atoms with Gasteiger partial charge in [-0.15, -0.1) is 11.6 Å². The van der Waals surface area contributed by atoms with Gasteiger partial charge in [-0.25, -0.2) is 10.8 Å². The second kappa shape index (κ2) is 10.6. The van der Waals surface area contributed by atoms with Crippen molar-refractivity contribution in [2.45, 2.75) is 32.4 Å². The first kappa shape index (κ1) is 23.5. The van der Waals surface area contributed by atoms with Gasteiger partial charge in [-0.3, -0.25) is 5.10 Å². The molecule has 4 aromatic rings. The lowest BCUT2D eigenvalue weighted by atomic mass is 9.85. The van der Waals surface area contributed by atoms with Crippen molar-refractivity contribution in [2.24, 2.45) is 17.5 Å². The molecular formula is C25H32ClN9. The molecule has 0 unspecified atom stereocenters. The third-order valence-corrected chi connectivity index (χ3v) is 6.68. The first-order chi connectivity index (χ1) is 17.1. The molecule has 1 fully saturated rings. The van der Waals surface area contributed by atoms with Gasteiger partial charge in [-0.1, -0.05) is 12.5 Å². The van der Waals surface area contributed by atoms with Crippen molar-refractivity contribution in [3.63, 3.8) is 0 Å². The standard InChI is InChI=1S/C25H32ClN9/c26-6-7-30-19-8-21(22-12-31-33-24(22)9-19)23(27)16-35(28)15-20-14-34-13-18(4-5-25(34)32-20)11-29-10-17-2-1-3-17/h4-5,8-9,12-14,16-17,29-30H,1-3,6-7,10-11,15,27-28H2,(H,31,33)/b23-16-. The summed E-state index contributed by atoms with van der Waals surface area (Å²) in [7, 11) is 0. The number of benzene rings is 1. The molecule has 1 aliphatic rings. The zero-order valence-corrected chi connectivity index (χ0v) is 20.4. The Morgan fingerprint density at radius 3 is 2.97 bits per heavy atom. The Morgan fingerprint density at radius 1 is 1.29 bits per heavy atom. The van der Waals surface area contributed by atoms with Gasteiger partial charge < -0.3 is 25.8 Å². The minimum atomic E-state index is 0.427. The minimum absolute atomic E-state index is 0.427. The lowest BCUT2D eigenvalue weighted by molar-refractivity contribution is 0.301. The molecule has 0 atom stereocenters. The summed E-state index contributed by atoms with van der Waals surface area (Å²) in [5, 5.41) is 16.5. The molecule has 0 spiro atoms. The quantitative estimate of drug-likeness (QED) is 0.123. The van der Waals surface area contributed by atoms with Crippen molar-refractivity contribution < 1.29 is 0 Å². The molecule has 1 aromatic carbocycles. The molecule has 1 saturated carbocycles. The number of imidazole rings is 1. The van der Waals surface area contributed by atoms with Gasteiger partial charge in [0.05, 0.1) is 29.6 Å². The Balaban J connectivity index is 1.27. The molecule has 5 rings (SSSR count). The normalized spacial score (nSPS) is 14.5. The highest BCUT2D eigenvalue weighted by Gasteiger charge is 2.16. The predicted octanol–water partition coefficient (Wildman–Crippen LogP) is 3.38. The maximum absolute atomic E-state index is 6.46. The molecule has 9 nitrogen and oxygen atoms in total. The molecule has 1 aliphatic carbocycles. The van der Waals surface area contributed by atoms with Crippen LogP contribution in [0.15, 0.2) is 49.1 Å². The number of alkyl halides is 1. The second-order valence-corrected chi connectivity index (χ2v) is 9.57. The van der Waals surface area contributed by atoms with E-state index in [1.54, 1.807) is 17.4 Å². The van der Waals surface area contributed by atoms with Crippen LogP contribution in [0.2, 0.25) is 0 Å². The smallest absolute Gasteiger partial charge is 0.137 e. The Hall–Kier alpha value is -3.27. The van der Waals surface area contributed by atoms with E-state index in [0.717, 1.165) is 52.5 Å². The van der Waals surface area contributed by atoms with Crippen LogP contribution in [0.25, 0.3) is 22.2 Å². The third-order valence-electron chi connectivity index (χ3n) is 6.49. The monoisotopic (exact) mass is 493 g/mol. The number of rotatable bonds is 11. The SMILES string of the molecule is N/C(=C\N(N)Cc1cn2cc(CNCC3CCC3)ccc2n1)c1cc(NCCCl)cc2[nH]ncc12. The number of hydrogen-bond acceptors (Lipinski definition) is 7. The molecule has 184 valence electrons. The fourth-order valence-electron chi connectivity index (χ4n) is 4.45. The number of hydrazine groups is 1. The lowest BCUT2D eigenvalue weighted by Gasteiger charge is -2.25. The molecular weight excluding hydrogens is 462 g/mol. The van der Waals surface area contributed by atoms with Gasteiger partial charge in [0.1, 0.15) is 5.65 Å². The van der Waals surface area contributed by atoms with E-state index < -0.39 is 0 Å². The number of halogens is 1. The van der Waals surface area contributed by atoms with Gasteiger partial charge in [0, 0.05) is 54.2 Å². The average molecular weight is 494 g/mol. The summed E-state index contributed by atoms with van der Waals surface area (Å²) >= 11 is 5.82. The van der Waals surface area contributed by atoms with Gasteiger partial charge in [0.25, 0.3) is 0 Å². The number of nitrogens with two attached hydrogens (primary N) is 2. The Bertz CT molecular complexity index is 1320. The molecule has 0 saturated heterocycles. The van der Waals surface area contributed by atoms with Crippen LogP contribution in [0.3, 0.4) is 0 Å². The van der Waals surface area contributed by atoms with E-state index in [0.29, 0.717) is 24.7 Å². The summed E-state index contributed by atoms with van der Waals surface area (Å²) in [6.45, 7) is 3.04. The van der Waals surface area contributed by atoms with E-state index in [9.17, 15) is 0 Å². The van der Waals surface area contributed by atoms with E-state index in [1.807, 2.05) is 24.4 Å². The number of anilines is 1. The van der Waals surface area contributed by atoms with Crippen molar-refractivity contribution in [3.05, 3.63) is 65.9 Å². The molecule has 0 amide bonds. The number of nitrogens with one attached hydrogen (secondary N) is 3. The zero-order chi connectivity index (χ0) is 24.2. The number of H-pyrrole nitrogens is 1. The van der Waals surface area contributed by atoms with E-state index in [1.165, 1.54) is 24.8 Å². The summed E-state index contributed by atoms with van der Waals surface area (Å²) in [6, 6.07) is 8.14. The van der Waals surface area contributed by atoms with Gasteiger partial charge in [0.15, 0.2) is 0 Å². The van der Waals surface area contributed by atoms with Gasteiger partial charge in [-0.05, 0) is 49.1 Å². The van der Waals surface area contributed by atoms with Crippen molar-refractivity contribution in [1.29, 1.82) is 0 Å². The van der Waals surface area contributed by atoms with Crippen LogP contribution in [-0.2, 0) is 13.1 Å². The van der Waals surface area contributed by atoms with E-state index in [-0.39, 0.29) is 0 Å². The topological polar surface area (TPSA) is 125 Å². The number of hydrogen-bond donors (Lipinski definition) is 5. The van der Waals surface area contributed by atoms with Crippen LogP contribution < -0.4 is 22.2 Å². The maximum Gasteiger partial charge on any atom is 0.137 e. The first-order valence-corrected chi connectivity index (χ1v) is 12.6. The van der Waals surface area contributed by atoms with Crippen LogP contribution in [-0.4, -0.2) is 43.6 Å². The zero-order valence-electron chi connectivity index (χ0n) is 19.7. The molecule has 7 N–H and O–H groups in total. The van der Waals surface area contributed by atoms with Gasteiger partial charge in [-0.2, -0.15) is 5.10 Å². The molecule has 3 aromatic heterocycles. The second-order valence-electron chi connectivity index (χ2n) is 9.19. The van der Waals surface area contributed by atoms with Crippen molar-refractivity contribution in [3.8, 4) is 0 Å². The molecule has 0 radical (unpaired) electrons. The predicted molar refractivity (Wildman–Crippen MR) is 141 cm³/mol. The van der Waals surface area contributed by atoms with Crippen LogP contribution >= 0.6 is 11.6 Å². The van der Waals surface area contributed by atoms with Gasteiger partial charge in [0.2, 0.25) is 0 Å². The third kappa shape index (κ3) is 5.53. The summed E-state index contributed by atoms with van der Waals surface area (Å²) in [6.07, 6.45) is 11.7. The summed E-state index contributed by atoms with van der Waals surface area (Å²) in [5.41, 5.74) is 12.6. The number of aromatic nitrogens is 4. The molecule has 10 heteroatoms. The number of fused-ring (bicyclic) bond motifs is 2. The minimum Gasteiger partial charge on any atom is -0.397 e. The Kier molecular flexibility index (Phi) is 7.08. The maximum atomic E-state index is 6.46. The Labute approximate surface area is 209 Å². The summed E-state index contributed by atoms with van der Waals surface area (Å²) < 4.78 is 2.05. The van der Waals surface area contributed by atoms with Crippen LogP contribution in [0.4, 0.5) is 5.69 Å². The molecule has 0 bridgehead atoms. The number of nitrogens with zero attached hydrogens (tertiary/aromatic N) is 4.